The van der Waals surface area contributed by atoms with E-state index in [4.69, 9.17) is 4.42 Å². The van der Waals surface area contributed by atoms with E-state index in [1.165, 1.54) is 12.1 Å². The van der Waals surface area contributed by atoms with Crippen LogP contribution in [0.5, 0.6) is 0 Å². The first-order chi connectivity index (χ1) is 10.1. The summed E-state index contributed by atoms with van der Waals surface area (Å²) in [5.41, 5.74) is 1.95. The van der Waals surface area contributed by atoms with Gasteiger partial charge in [-0.15, -0.1) is 0 Å². The Labute approximate surface area is 123 Å². The molecule has 2 atom stereocenters. The van der Waals surface area contributed by atoms with Crippen LogP contribution < -0.4 is 5.32 Å². The average Bonchev–Trinajstić information content (AvgIpc) is 2.92. The van der Waals surface area contributed by atoms with Crippen LogP contribution in [0.25, 0.3) is 11.0 Å². The molecule has 0 aliphatic carbocycles. The Kier molecular flexibility index (Phi) is 3.76. The molecule has 0 saturated heterocycles. The van der Waals surface area contributed by atoms with E-state index < -0.39 is 0 Å². The van der Waals surface area contributed by atoms with Crippen LogP contribution in [0.2, 0.25) is 0 Å². The van der Waals surface area contributed by atoms with Gasteiger partial charge in [0, 0.05) is 11.4 Å². The highest BCUT2D eigenvalue weighted by molar-refractivity contribution is 5.77. The van der Waals surface area contributed by atoms with Gasteiger partial charge in [0.2, 0.25) is 0 Å². The van der Waals surface area contributed by atoms with E-state index in [1.807, 2.05) is 24.3 Å². The maximum Gasteiger partial charge on any atom is 0.134 e. The van der Waals surface area contributed by atoms with E-state index in [-0.39, 0.29) is 17.9 Å². The van der Waals surface area contributed by atoms with Gasteiger partial charge in [-0.3, -0.25) is 0 Å². The Morgan fingerprint density at radius 2 is 1.67 bits per heavy atom. The summed E-state index contributed by atoms with van der Waals surface area (Å²) in [7, 11) is 0. The van der Waals surface area contributed by atoms with Crippen molar-refractivity contribution in [3.05, 3.63) is 71.7 Å². The van der Waals surface area contributed by atoms with Gasteiger partial charge in [-0.05, 0) is 43.7 Å². The third-order valence-electron chi connectivity index (χ3n) is 3.74. The molecule has 0 radical (unpaired) electrons. The van der Waals surface area contributed by atoms with Crippen molar-refractivity contribution in [2.24, 2.45) is 0 Å². The van der Waals surface area contributed by atoms with Crippen molar-refractivity contribution < 1.29 is 8.81 Å². The molecule has 1 aromatic heterocycles. The van der Waals surface area contributed by atoms with E-state index in [9.17, 15) is 4.39 Å². The van der Waals surface area contributed by atoms with Crippen LogP contribution in [-0.4, -0.2) is 0 Å². The average molecular weight is 283 g/mol. The van der Waals surface area contributed by atoms with Crippen molar-refractivity contribution in [1.82, 2.24) is 5.32 Å². The number of rotatable bonds is 4. The molecule has 1 N–H and O–H groups in total. The molecule has 3 aromatic rings. The Hall–Kier alpha value is -2.13. The summed E-state index contributed by atoms with van der Waals surface area (Å²) in [4.78, 5) is 0. The van der Waals surface area contributed by atoms with Crippen LogP contribution in [-0.2, 0) is 0 Å². The lowest BCUT2D eigenvalue weighted by Crippen LogP contribution is -2.22. The van der Waals surface area contributed by atoms with Crippen LogP contribution in [0.15, 0.2) is 59.0 Å². The fourth-order valence-corrected chi connectivity index (χ4v) is 2.52. The predicted molar refractivity (Wildman–Crippen MR) is 82.6 cm³/mol. The SMILES string of the molecule is CC(NC(C)c1cc2ccccc2o1)c1ccc(F)cc1. The quantitative estimate of drug-likeness (QED) is 0.730. The van der Waals surface area contributed by atoms with Gasteiger partial charge in [0.1, 0.15) is 17.2 Å². The van der Waals surface area contributed by atoms with Crippen molar-refractivity contribution in [2.75, 3.05) is 0 Å². The molecular weight excluding hydrogens is 265 g/mol. The van der Waals surface area contributed by atoms with Crippen LogP contribution in [0, 0.1) is 5.82 Å². The first-order valence-electron chi connectivity index (χ1n) is 7.13. The molecule has 0 aliphatic heterocycles. The number of fused-ring (bicyclic) bond motifs is 1. The van der Waals surface area contributed by atoms with Gasteiger partial charge in [-0.2, -0.15) is 0 Å². The van der Waals surface area contributed by atoms with Crippen molar-refractivity contribution >= 4 is 11.0 Å². The Morgan fingerprint density at radius 1 is 0.952 bits per heavy atom. The number of hydrogen-bond donors (Lipinski definition) is 1. The Morgan fingerprint density at radius 3 is 2.38 bits per heavy atom. The monoisotopic (exact) mass is 283 g/mol. The fourth-order valence-electron chi connectivity index (χ4n) is 2.52. The summed E-state index contributed by atoms with van der Waals surface area (Å²) >= 11 is 0. The molecule has 2 unspecified atom stereocenters. The molecule has 0 amide bonds. The highest BCUT2D eigenvalue weighted by Gasteiger charge is 2.15. The number of para-hydroxylation sites is 1. The zero-order valence-corrected chi connectivity index (χ0v) is 12.1. The van der Waals surface area contributed by atoms with E-state index in [0.717, 1.165) is 22.3 Å². The Bertz CT molecular complexity index is 699. The first kappa shape index (κ1) is 13.8. The standard InChI is InChI=1S/C18H18FNO/c1-12(14-7-9-16(19)10-8-14)20-13(2)18-11-15-5-3-4-6-17(15)21-18/h3-13,20H,1-2H3. The third kappa shape index (κ3) is 2.98. The lowest BCUT2D eigenvalue weighted by Gasteiger charge is -2.18. The normalized spacial score (nSPS) is 14.2. The Balaban J connectivity index is 1.75. The highest BCUT2D eigenvalue weighted by Crippen LogP contribution is 2.25. The van der Waals surface area contributed by atoms with Gasteiger partial charge in [0.05, 0.1) is 6.04 Å². The van der Waals surface area contributed by atoms with E-state index in [1.54, 1.807) is 12.1 Å². The molecule has 3 rings (SSSR count). The summed E-state index contributed by atoms with van der Waals surface area (Å²) in [6, 6.07) is 16.8. The molecule has 0 fully saturated rings. The topological polar surface area (TPSA) is 25.2 Å². The van der Waals surface area contributed by atoms with Gasteiger partial charge >= 0.3 is 0 Å². The van der Waals surface area contributed by atoms with Crippen molar-refractivity contribution in [2.45, 2.75) is 25.9 Å². The summed E-state index contributed by atoms with van der Waals surface area (Å²) in [6.07, 6.45) is 0. The number of benzene rings is 2. The molecule has 2 nitrogen and oxygen atoms in total. The number of halogens is 1. The van der Waals surface area contributed by atoms with Crippen molar-refractivity contribution in [3.8, 4) is 0 Å². The number of hydrogen-bond acceptors (Lipinski definition) is 2. The second kappa shape index (κ2) is 5.70. The van der Waals surface area contributed by atoms with Gasteiger partial charge in [-0.1, -0.05) is 30.3 Å². The van der Waals surface area contributed by atoms with Gasteiger partial charge in [0.25, 0.3) is 0 Å². The molecule has 0 saturated carbocycles. The second-order valence-corrected chi connectivity index (χ2v) is 5.35. The van der Waals surface area contributed by atoms with E-state index >= 15 is 0 Å². The minimum atomic E-state index is -0.212. The molecule has 108 valence electrons. The summed E-state index contributed by atoms with van der Waals surface area (Å²) < 4.78 is 18.8. The molecule has 0 aliphatic rings. The van der Waals surface area contributed by atoms with Gasteiger partial charge < -0.3 is 9.73 Å². The zero-order valence-electron chi connectivity index (χ0n) is 12.1. The lowest BCUT2D eigenvalue weighted by molar-refractivity contribution is 0.417. The lowest BCUT2D eigenvalue weighted by atomic mass is 10.1. The highest BCUT2D eigenvalue weighted by atomic mass is 19.1. The van der Waals surface area contributed by atoms with Crippen molar-refractivity contribution in [1.29, 1.82) is 0 Å². The third-order valence-corrected chi connectivity index (χ3v) is 3.74. The molecule has 0 bridgehead atoms. The maximum atomic E-state index is 13.0. The number of furan rings is 1. The van der Waals surface area contributed by atoms with Crippen LogP contribution in [0.1, 0.15) is 37.3 Å². The minimum absolute atomic E-state index is 0.0810. The van der Waals surface area contributed by atoms with Crippen molar-refractivity contribution in [3.63, 3.8) is 0 Å². The molecular formula is C18H18FNO. The maximum absolute atomic E-state index is 13.0. The summed E-state index contributed by atoms with van der Waals surface area (Å²) in [6.45, 7) is 4.13. The van der Waals surface area contributed by atoms with Gasteiger partial charge in [-0.25, -0.2) is 4.39 Å². The molecule has 2 aromatic carbocycles. The predicted octanol–water partition coefficient (Wildman–Crippen LogP) is 4.98. The fraction of sp³-hybridized carbons (Fsp3) is 0.222. The first-order valence-corrected chi connectivity index (χ1v) is 7.13. The number of nitrogens with one attached hydrogen (secondary N) is 1. The van der Waals surface area contributed by atoms with Crippen LogP contribution in [0.3, 0.4) is 0 Å². The molecule has 1 heterocycles. The smallest absolute Gasteiger partial charge is 0.134 e. The largest absolute Gasteiger partial charge is 0.459 e. The van der Waals surface area contributed by atoms with E-state index in [0.29, 0.717) is 0 Å². The molecule has 3 heteroatoms. The van der Waals surface area contributed by atoms with Crippen LogP contribution >= 0.6 is 0 Å². The summed E-state index contributed by atoms with van der Waals surface area (Å²) in [5.74, 6) is 0.696. The second-order valence-electron chi connectivity index (χ2n) is 5.35. The molecule has 21 heavy (non-hydrogen) atoms. The zero-order chi connectivity index (χ0) is 14.8. The van der Waals surface area contributed by atoms with Crippen LogP contribution in [0.4, 0.5) is 4.39 Å². The molecule has 0 spiro atoms. The van der Waals surface area contributed by atoms with E-state index in [2.05, 4.69) is 25.2 Å². The summed E-state index contributed by atoms with van der Waals surface area (Å²) in [5, 5.41) is 4.58. The minimum Gasteiger partial charge on any atom is -0.459 e. The van der Waals surface area contributed by atoms with Gasteiger partial charge in [0.15, 0.2) is 0 Å².